The van der Waals surface area contributed by atoms with E-state index in [1.807, 2.05) is 0 Å². The van der Waals surface area contributed by atoms with E-state index in [2.05, 4.69) is 63.8 Å². The number of rotatable bonds is 7. The van der Waals surface area contributed by atoms with E-state index in [9.17, 15) is 5.11 Å². The molecule has 1 atom stereocenters. The maximum Gasteiger partial charge on any atom is 0.0968 e. The van der Waals surface area contributed by atoms with E-state index in [1.165, 1.54) is 5.56 Å². The predicted molar refractivity (Wildman–Crippen MR) is 82.4 cm³/mol. The van der Waals surface area contributed by atoms with Crippen molar-refractivity contribution < 1.29 is 5.11 Å². The molecule has 0 spiro atoms. The minimum atomic E-state index is -0.455. The topological polar surface area (TPSA) is 23.5 Å². The van der Waals surface area contributed by atoms with Crippen LogP contribution in [-0.2, 0) is 6.42 Å². The first-order valence-electron chi connectivity index (χ1n) is 7.49. The molecule has 1 unspecified atom stereocenters. The second-order valence-electron chi connectivity index (χ2n) is 5.72. The van der Waals surface area contributed by atoms with Crippen molar-refractivity contribution in [3.63, 3.8) is 0 Å². The predicted octanol–water partition coefficient (Wildman–Crippen LogP) is 3.79. The number of likely N-dealkylation sites (N-methyl/N-ethyl adjacent to an activating group) is 1. The van der Waals surface area contributed by atoms with Gasteiger partial charge in [0.1, 0.15) is 0 Å². The fraction of sp³-hybridized carbons (Fsp3) is 0.647. The van der Waals surface area contributed by atoms with Crippen molar-refractivity contribution in [3.05, 3.63) is 35.4 Å². The maximum absolute atomic E-state index is 10.7. The molecule has 0 saturated carbocycles. The van der Waals surface area contributed by atoms with Crippen LogP contribution in [-0.4, -0.2) is 28.6 Å². The number of benzene rings is 1. The zero-order valence-electron chi connectivity index (χ0n) is 13.1. The Balaban J connectivity index is 2.89. The van der Waals surface area contributed by atoms with Crippen LogP contribution in [0.3, 0.4) is 0 Å². The summed E-state index contributed by atoms with van der Waals surface area (Å²) in [6.45, 7) is 12.6. The third-order valence-electron chi connectivity index (χ3n) is 4.08. The second kappa shape index (κ2) is 7.06. The molecule has 2 nitrogen and oxygen atoms in total. The Hall–Kier alpha value is -0.860. The molecule has 0 fully saturated rings. The average Bonchev–Trinajstić information content (AvgIpc) is 2.40. The standard InChI is InChI=1S/C17H29NO/c1-6-9-14-10-12-15(13-11-14)16(19)17(4,5)18(7-2)8-3/h10-13,16,19H,6-9H2,1-5H3. The highest BCUT2D eigenvalue weighted by molar-refractivity contribution is 5.26. The number of hydrogen-bond acceptors (Lipinski definition) is 2. The van der Waals surface area contributed by atoms with Crippen LogP contribution in [0.4, 0.5) is 0 Å². The van der Waals surface area contributed by atoms with E-state index in [1.54, 1.807) is 0 Å². The first kappa shape index (κ1) is 16.2. The van der Waals surface area contributed by atoms with Gasteiger partial charge in [-0.1, -0.05) is 51.5 Å². The molecule has 1 aromatic rings. The van der Waals surface area contributed by atoms with Crippen LogP contribution in [0.5, 0.6) is 0 Å². The summed E-state index contributed by atoms with van der Waals surface area (Å²) in [5.41, 5.74) is 2.12. The van der Waals surface area contributed by atoms with Crippen molar-refractivity contribution in [3.8, 4) is 0 Å². The highest BCUT2D eigenvalue weighted by Crippen LogP contribution is 2.31. The highest BCUT2D eigenvalue weighted by Gasteiger charge is 2.33. The third-order valence-corrected chi connectivity index (χ3v) is 4.08. The molecular formula is C17H29NO. The molecule has 0 bridgehead atoms. The van der Waals surface area contributed by atoms with Crippen LogP contribution in [0.1, 0.15) is 58.3 Å². The van der Waals surface area contributed by atoms with E-state index in [0.29, 0.717) is 0 Å². The van der Waals surface area contributed by atoms with Crippen LogP contribution >= 0.6 is 0 Å². The quantitative estimate of drug-likeness (QED) is 0.809. The Morgan fingerprint density at radius 1 is 1.05 bits per heavy atom. The lowest BCUT2D eigenvalue weighted by molar-refractivity contribution is -0.00627. The number of aliphatic hydroxyl groups excluding tert-OH is 1. The molecule has 2 heteroatoms. The van der Waals surface area contributed by atoms with Crippen molar-refractivity contribution in [2.45, 2.75) is 59.1 Å². The van der Waals surface area contributed by atoms with E-state index < -0.39 is 6.10 Å². The summed E-state index contributed by atoms with van der Waals surface area (Å²) in [7, 11) is 0. The Morgan fingerprint density at radius 2 is 1.58 bits per heavy atom. The van der Waals surface area contributed by atoms with Gasteiger partial charge in [0.15, 0.2) is 0 Å². The molecule has 0 aliphatic rings. The minimum Gasteiger partial charge on any atom is -0.386 e. The van der Waals surface area contributed by atoms with Gasteiger partial charge in [0.05, 0.1) is 6.10 Å². The first-order chi connectivity index (χ1) is 8.97. The van der Waals surface area contributed by atoms with Gasteiger partial charge < -0.3 is 5.11 Å². The molecule has 0 radical (unpaired) electrons. The van der Waals surface area contributed by atoms with Gasteiger partial charge in [-0.25, -0.2) is 0 Å². The van der Waals surface area contributed by atoms with Crippen LogP contribution in [0.2, 0.25) is 0 Å². The normalized spacial score (nSPS) is 13.8. The van der Waals surface area contributed by atoms with Crippen molar-refractivity contribution in [1.82, 2.24) is 4.90 Å². The lowest BCUT2D eigenvalue weighted by Gasteiger charge is -2.41. The van der Waals surface area contributed by atoms with Crippen LogP contribution in [0.25, 0.3) is 0 Å². The molecule has 1 N–H and O–H groups in total. The molecule has 0 aromatic heterocycles. The molecular weight excluding hydrogens is 234 g/mol. The molecule has 0 amide bonds. The lowest BCUT2D eigenvalue weighted by Crippen LogP contribution is -2.48. The van der Waals surface area contributed by atoms with Crippen molar-refractivity contribution >= 4 is 0 Å². The molecule has 0 saturated heterocycles. The van der Waals surface area contributed by atoms with Gasteiger partial charge in [0.2, 0.25) is 0 Å². The smallest absolute Gasteiger partial charge is 0.0968 e. The van der Waals surface area contributed by atoms with Gasteiger partial charge in [-0.15, -0.1) is 0 Å². The number of nitrogens with zero attached hydrogens (tertiary/aromatic N) is 1. The van der Waals surface area contributed by atoms with Crippen LogP contribution in [0, 0.1) is 0 Å². The molecule has 0 aliphatic carbocycles. The van der Waals surface area contributed by atoms with Crippen molar-refractivity contribution in [2.75, 3.05) is 13.1 Å². The van der Waals surface area contributed by atoms with Crippen molar-refractivity contribution in [2.24, 2.45) is 0 Å². The van der Waals surface area contributed by atoms with Crippen LogP contribution < -0.4 is 0 Å². The zero-order chi connectivity index (χ0) is 14.5. The van der Waals surface area contributed by atoms with Crippen LogP contribution in [0.15, 0.2) is 24.3 Å². The van der Waals surface area contributed by atoms with Crippen molar-refractivity contribution in [1.29, 1.82) is 0 Å². The molecule has 1 rings (SSSR count). The summed E-state index contributed by atoms with van der Waals surface area (Å²) in [6, 6.07) is 8.42. The van der Waals surface area contributed by atoms with E-state index in [-0.39, 0.29) is 5.54 Å². The lowest BCUT2D eigenvalue weighted by atomic mass is 9.89. The summed E-state index contributed by atoms with van der Waals surface area (Å²) in [6.07, 6.45) is 1.81. The SMILES string of the molecule is CCCc1ccc(C(O)C(C)(C)N(CC)CC)cc1. The van der Waals surface area contributed by atoms with Gasteiger partial charge >= 0.3 is 0 Å². The summed E-state index contributed by atoms with van der Waals surface area (Å²) in [5.74, 6) is 0. The Labute approximate surface area is 118 Å². The van der Waals surface area contributed by atoms with Gasteiger partial charge in [-0.05, 0) is 44.5 Å². The maximum atomic E-state index is 10.7. The van der Waals surface area contributed by atoms with E-state index in [4.69, 9.17) is 0 Å². The minimum absolute atomic E-state index is 0.240. The number of aryl methyl sites for hydroxylation is 1. The Morgan fingerprint density at radius 3 is 2.00 bits per heavy atom. The zero-order valence-corrected chi connectivity index (χ0v) is 13.1. The first-order valence-corrected chi connectivity index (χ1v) is 7.49. The monoisotopic (exact) mass is 263 g/mol. The summed E-state index contributed by atoms with van der Waals surface area (Å²) in [4.78, 5) is 2.30. The summed E-state index contributed by atoms with van der Waals surface area (Å²) < 4.78 is 0. The van der Waals surface area contributed by atoms with Gasteiger partial charge in [0.25, 0.3) is 0 Å². The average molecular weight is 263 g/mol. The molecule has 19 heavy (non-hydrogen) atoms. The number of hydrogen-bond donors (Lipinski definition) is 1. The Bertz CT molecular complexity index is 365. The molecule has 0 heterocycles. The largest absolute Gasteiger partial charge is 0.386 e. The molecule has 0 aliphatic heterocycles. The van der Waals surface area contributed by atoms with Gasteiger partial charge in [0, 0.05) is 5.54 Å². The molecule has 108 valence electrons. The fourth-order valence-corrected chi connectivity index (χ4v) is 2.77. The van der Waals surface area contributed by atoms with Gasteiger partial charge in [-0.3, -0.25) is 4.90 Å². The highest BCUT2D eigenvalue weighted by atomic mass is 16.3. The summed E-state index contributed by atoms with van der Waals surface area (Å²) in [5, 5.41) is 10.7. The fourth-order valence-electron chi connectivity index (χ4n) is 2.77. The van der Waals surface area contributed by atoms with E-state index in [0.717, 1.165) is 31.5 Å². The second-order valence-corrected chi connectivity index (χ2v) is 5.72. The Kier molecular flexibility index (Phi) is 6.02. The molecule has 1 aromatic carbocycles. The third kappa shape index (κ3) is 3.80. The van der Waals surface area contributed by atoms with Gasteiger partial charge in [-0.2, -0.15) is 0 Å². The number of aliphatic hydroxyl groups is 1. The summed E-state index contributed by atoms with van der Waals surface area (Å²) >= 11 is 0. The van der Waals surface area contributed by atoms with E-state index >= 15 is 0 Å².